The predicted octanol–water partition coefficient (Wildman–Crippen LogP) is 3.46. The highest BCUT2D eigenvalue weighted by Gasteiger charge is 2.13. The van der Waals surface area contributed by atoms with E-state index >= 15 is 0 Å². The Bertz CT molecular complexity index is 671. The third kappa shape index (κ3) is 10.1. The first-order chi connectivity index (χ1) is 12.9. The first kappa shape index (κ1) is 23.1. The van der Waals surface area contributed by atoms with Gasteiger partial charge in [-0.2, -0.15) is 4.39 Å². The van der Waals surface area contributed by atoms with Gasteiger partial charge in [0.05, 0.1) is 6.20 Å². The molecule has 0 aliphatic carbocycles. The van der Waals surface area contributed by atoms with Gasteiger partial charge >= 0.3 is 11.7 Å². The number of nitrogens with zero attached hydrogens (tertiary/aromatic N) is 1. The van der Waals surface area contributed by atoms with Crippen LogP contribution >= 0.6 is 0 Å². The summed E-state index contributed by atoms with van der Waals surface area (Å²) in [6, 6.07) is 0. The summed E-state index contributed by atoms with van der Waals surface area (Å²) in [7, 11) is 0. The molecular weight excluding hydrogens is 355 g/mol. The van der Waals surface area contributed by atoms with E-state index in [0.717, 1.165) is 30.0 Å². The van der Waals surface area contributed by atoms with E-state index in [2.05, 4.69) is 6.92 Å². The molecule has 1 heterocycles. The Hall–Kier alpha value is -1.96. The van der Waals surface area contributed by atoms with Gasteiger partial charge in [-0.1, -0.05) is 58.3 Å². The molecule has 0 aliphatic rings. The lowest BCUT2D eigenvalue weighted by Gasteiger charge is -2.18. The Labute approximate surface area is 158 Å². The number of rotatable bonds is 14. The summed E-state index contributed by atoms with van der Waals surface area (Å²) < 4.78 is 24.7. The lowest BCUT2D eigenvalue weighted by molar-refractivity contribution is -0.186. The lowest BCUT2D eigenvalue weighted by Crippen LogP contribution is -2.33. The predicted molar refractivity (Wildman–Crippen MR) is 99.8 cm³/mol. The summed E-state index contributed by atoms with van der Waals surface area (Å²) >= 11 is 0. The molecule has 1 aromatic heterocycles. The fourth-order valence-corrected chi connectivity index (χ4v) is 2.73. The smallest absolute Gasteiger partial charge is 0.330 e. The van der Waals surface area contributed by atoms with Gasteiger partial charge in [-0.15, -0.1) is 0 Å². The van der Waals surface area contributed by atoms with E-state index in [1.54, 1.807) is 0 Å². The normalized spacial score (nSPS) is 12.1. The van der Waals surface area contributed by atoms with Crippen molar-refractivity contribution in [3.8, 4) is 0 Å². The van der Waals surface area contributed by atoms with Gasteiger partial charge in [0.1, 0.15) is 6.73 Å². The third-order valence-corrected chi connectivity index (χ3v) is 4.21. The largest absolute Gasteiger partial charge is 0.436 e. The topological polar surface area (TPSA) is 90.4 Å². The average Bonchev–Trinajstić information content (AvgIpc) is 2.61. The van der Waals surface area contributed by atoms with Crippen molar-refractivity contribution in [2.75, 3.05) is 0 Å². The van der Waals surface area contributed by atoms with Crippen LogP contribution in [-0.2, 0) is 21.0 Å². The van der Waals surface area contributed by atoms with Crippen LogP contribution in [0.2, 0.25) is 0 Å². The van der Waals surface area contributed by atoms with Gasteiger partial charge < -0.3 is 9.47 Å². The lowest BCUT2D eigenvalue weighted by atomic mass is 10.1. The highest BCUT2D eigenvalue weighted by molar-refractivity contribution is 5.66. The number of halogens is 1. The van der Waals surface area contributed by atoms with Gasteiger partial charge in [0.25, 0.3) is 5.56 Å². The van der Waals surface area contributed by atoms with Crippen LogP contribution in [0.15, 0.2) is 15.8 Å². The molecule has 154 valence electrons. The van der Waals surface area contributed by atoms with Crippen molar-refractivity contribution >= 4 is 5.97 Å². The maximum Gasteiger partial charge on any atom is 0.330 e. The number of carbonyl (C=O) groups excluding carboxylic acids is 1. The van der Waals surface area contributed by atoms with Crippen LogP contribution in [0.25, 0.3) is 0 Å². The molecule has 0 radical (unpaired) electrons. The van der Waals surface area contributed by atoms with E-state index in [4.69, 9.17) is 9.47 Å². The molecule has 0 aliphatic heterocycles. The maximum absolute atomic E-state index is 13.3. The summed E-state index contributed by atoms with van der Waals surface area (Å²) in [4.78, 5) is 35.7. The Morgan fingerprint density at radius 2 is 1.70 bits per heavy atom. The van der Waals surface area contributed by atoms with Crippen molar-refractivity contribution in [2.45, 2.75) is 91.1 Å². The van der Waals surface area contributed by atoms with Crippen LogP contribution in [0, 0.1) is 5.82 Å². The quantitative estimate of drug-likeness (QED) is 0.300. The number of esters is 1. The number of aromatic nitrogens is 2. The standard InChI is InChI=1S/C19H31FN2O5/c1-3-4-5-6-7-8-9-10-11-12-17(27-15(2)23)26-14-22-13-16(20)18(24)21-19(22)25/h13,17H,3-12,14H2,1-2H3,(H,21,24,25). The number of nitrogens with one attached hydrogen (secondary N) is 1. The second-order valence-electron chi connectivity index (χ2n) is 6.66. The van der Waals surface area contributed by atoms with Crippen molar-refractivity contribution in [3.63, 3.8) is 0 Å². The number of hydrogen-bond donors (Lipinski definition) is 1. The molecule has 8 heteroatoms. The molecule has 1 N–H and O–H groups in total. The molecule has 0 fully saturated rings. The number of unbranched alkanes of at least 4 members (excludes halogenated alkanes) is 8. The highest BCUT2D eigenvalue weighted by atomic mass is 19.1. The molecular formula is C19H31FN2O5. The van der Waals surface area contributed by atoms with Gasteiger partial charge in [0.2, 0.25) is 12.1 Å². The van der Waals surface area contributed by atoms with Crippen LogP contribution in [-0.4, -0.2) is 21.8 Å². The molecule has 0 aromatic carbocycles. The van der Waals surface area contributed by atoms with Crippen LogP contribution < -0.4 is 11.2 Å². The molecule has 0 saturated carbocycles. The summed E-state index contributed by atoms with van der Waals surface area (Å²) in [5, 5.41) is 0. The summed E-state index contributed by atoms with van der Waals surface area (Å²) in [5.41, 5.74) is -1.87. The van der Waals surface area contributed by atoms with Crippen molar-refractivity contribution in [3.05, 3.63) is 32.9 Å². The Morgan fingerprint density at radius 3 is 2.30 bits per heavy atom. The number of hydrogen-bond acceptors (Lipinski definition) is 5. The summed E-state index contributed by atoms with van der Waals surface area (Å²) in [5.74, 6) is -1.57. The second-order valence-corrected chi connectivity index (χ2v) is 6.66. The average molecular weight is 386 g/mol. The fourth-order valence-electron chi connectivity index (χ4n) is 2.73. The van der Waals surface area contributed by atoms with Crippen LogP contribution in [0.3, 0.4) is 0 Å². The van der Waals surface area contributed by atoms with E-state index in [-0.39, 0.29) is 6.73 Å². The minimum atomic E-state index is -1.08. The van der Waals surface area contributed by atoms with Gasteiger partial charge in [-0.3, -0.25) is 19.1 Å². The Morgan fingerprint density at radius 1 is 1.11 bits per heavy atom. The summed E-state index contributed by atoms with van der Waals surface area (Å²) in [6.45, 7) is 3.16. The van der Waals surface area contributed by atoms with Gasteiger partial charge in [0.15, 0.2) is 0 Å². The van der Waals surface area contributed by atoms with Crippen molar-refractivity contribution < 1.29 is 18.7 Å². The van der Waals surface area contributed by atoms with Gasteiger partial charge in [0, 0.05) is 13.3 Å². The van der Waals surface area contributed by atoms with Crippen molar-refractivity contribution in [1.29, 1.82) is 0 Å². The van der Waals surface area contributed by atoms with E-state index < -0.39 is 29.3 Å². The molecule has 1 unspecified atom stereocenters. The monoisotopic (exact) mass is 386 g/mol. The van der Waals surface area contributed by atoms with E-state index in [0.29, 0.717) is 6.42 Å². The molecule has 1 rings (SSSR count). The molecule has 0 bridgehead atoms. The van der Waals surface area contributed by atoms with E-state index in [1.807, 2.05) is 4.98 Å². The van der Waals surface area contributed by atoms with Gasteiger partial charge in [-0.05, 0) is 6.42 Å². The SMILES string of the molecule is CCCCCCCCCCCC(OCn1cc(F)c(=O)[nH]c1=O)OC(C)=O. The molecule has 7 nitrogen and oxygen atoms in total. The number of ether oxygens (including phenoxy) is 2. The van der Waals surface area contributed by atoms with E-state index in [1.165, 1.54) is 45.4 Å². The summed E-state index contributed by atoms with van der Waals surface area (Å²) in [6.07, 6.45) is 10.9. The zero-order valence-corrected chi connectivity index (χ0v) is 16.3. The van der Waals surface area contributed by atoms with Crippen molar-refractivity contribution in [2.24, 2.45) is 0 Å². The third-order valence-electron chi connectivity index (χ3n) is 4.21. The number of aromatic amines is 1. The Kier molecular flexibility index (Phi) is 11.3. The molecule has 27 heavy (non-hydrogen) atoms. The van der Waals surface area contributed by atoms with E-state index in [9.17, 15) is 18.8 Å². The molecule has 0 spiro atoms. The second kappa shape index (κ2) is 13.2. The molecule has 0 saturated heterocycles. The van der Waals surface area contributed by atoms with Crippen LogP contribution in [0.5, 0.6) is 0 Å². The van der Waals surface area contributed by atoms with Crippen LogP contribution in [0.1, 0.15) is 78.1 Å². The van der Waals surface area contributed by atoms with Gasteiger partial charge in [-0.25, -0.2) is 4.79 Å². The maximum atomic E-state index is 13.3. The first-order valence-electron chi connectivity index (χ1n) is 9.72. The Balaban J connectivity index is 2.34. The zero-order chi connectivity index (χ0) is 20.1. The fraction of sp³-hybridized carbons (Fsp3) is 0.737. The molecule has 1 atom stereocenters. The zero-order valence-electron chi connectivity index (χ0n) is 16.3. The molecule has 0 amide bonds. The highest BCUT2D eigenvalue weighted by Crippen LogP contribution is 2.13. The first-order valence-corrected chi connectivity index (χ1v) is 9.72. The number of carbonyl (C=O) groups is 1. The minimum Gasteiger partial charge on any atom is -0.436 e. The minimum absolute atomic E-state index is 0.318. The number of H-pyrrole nitrogens is 1. The van der Waals surface area contributed by atoms with Crippen LogP contribution in [0.4, 0.5) is 4.39 Å². The molecule has 1 aromatic rings. The van der Waals surface area contributed by atoms with Crippen molar-refractivity contribution in [1.82, 2.24) is 9.55 Å².